The minimum atomic E-state index is -2.03. The molecule has 7 rings (SSSR count). The van der Waals surface area contributed by atoms with Gasteiger partial charge in [-0.25, -0.2) is 9.59 Å². The lowest BCUT2D eigenvalue weighted by Crippen LogP contribution is -2.62. The van der Waals surface area contributed by atoms with E-state index >= 15 is 0 Å². The Hall–Kier alpha value is -6.90. The highest BCUT2D eigenvalue weighted by Gasteiger charge is 2.49. The van der Waals surface area contributed by atoms with Crippen LogP contribution in [0.25, 0.3) is 22.3 Å². The Morgan fingerprint density at radius 1 is 0.605 bits per heavy atom. The van der Waals surface area contributed by atoms with Crippen molar-refractivity contribution in [3.05, 3.63) is 108 Å². The third-order valence-corrected chi connectivity index (χ3v) is 13.7. The monoisotopic (exact) mass is 1050 g/mol. The minimum absolute atomic E-state index is 0.0971. The van der Waals surface area contributed by atoms with E-state index in [1.54, 1.807) is 43.3 Å². The van der Waals surface area contributed by atoms with Crippen LogP contribution in [0.5, 0.6) is 11.5 Å². The fraction of sp³-hybridized carbons (Fsp3) is 0.474. The maximum atomic E-state index is 13.1. The maximum absolute atomic E-state index is 13.1. The number of carboxylic acid groups (broad SMARTS) is 1. The number of ether oxygens (including phenoxy) is 6. The van der Waals surface area contributed by atoms with Crippen LogP contribution >= 0.6 is 0 Å². The van der Waals surface area contributed by atoms with Crippen molar-refractivity contribution in [3.8, 4) is 33.8 Å². The van der Waals surface area contributed by atoms with E-state index in [2.05, 4.69) is 27.4 Å². The van der Waals surface area contributed by atoms with E-state index in [4.69, 9.17) is 28.4 Å². The normalized spacial score (nSPS) is 17.1. The summed E-state index contributed by atoms with van der Waals surface area (Å²) in [5, 5.41) is 14.3. The first-order chi connectivity index (χ1) is 36.5. The molecule has 19 nitrogen and oxygen atoms in total. The van der Waals surface area contributed by atoms with E-state index in [9.17, 15) is 33.9 Å². The third kappa shape index (κ3) is 16.1. The van der Waals surface area contributed by atoms with Crippen LogP contribution in [0.4, 0.5) is 0 Å². The molecule has 3 N–H and O–H groups in total. The van der Waals surface area contributed by atoms with E-state index in [1.165, 1.54) is 54.9 Å². The van der Waals surface area contributed by atoms with E-state index in [-0.39, 0.29) is 12.2 Å². The van der Waals surface area contributed by atoms with Crippen molar-refractivity contribution >= 4 is 35.6 Å². The summed E-state index contributed by atoms with van der Waals surface area (Å²) in [6.45, 7) is 17.2. The number of carbonyl (C=O) groups excluding carboxylic acids is 5. The molecule has 19 heteroatoms. The molecular weight excluding hydrogens is 977 g/mol. The number of esters is 1. The molecule has 3 heterocycles. The number of carbonyl (C=O) groups is 6. The highest BCUT2D eigenvalue weighted by Crippen LogP contribution is 2.27. The molecule has 4 aromatic rings. The maximum Gasteiger partial charge on any atom is 0.341 e. The van der Waals surface area contributed by atoms with E-state index in [0.29, 0.717) is 24.9 Å². The van der Waals surface area contributed by atoms with Gasteiger partial charge in [0, 0.05) is 85.2 Å². The largest absolute Gasteiger partial charge is 0.492 e. The Kier molecular flexibility index (Phi) is 23.2. The van der Waals surface area contributed by atoms with Gasteiger partial charge in [0.1, 0.15) is 24.7 Å². The molecule has 3 atom stereocenters. The molecule has 0 radical (unpaired) electrons. The Labute approximate surface area is 446 Å². The number of nitrogens with zero attached hydrogens (tertiary/aromatic N) is 4. The number of amides is 4. The number of aliphatic carboxylic acids is 1. The quantitative estimate of drug-likeness (QED) is 0.0822. The highest BCUT2D eigenvalue weighted by atomic mass is 16.5. The molecule has 0 saturated carbocycles. The van der Waals surface area contributed by atoms with Crippen molar-refractivity contribution in [1.82, 2.24) is 30.2 Å². The van der Waals surface area contributed by atoms with Crippen molar-refractivity contribution in [3.63, 3.8) is 0 Å². The molecule has 1 unspecified atom stereocenters. The molecular formula is C57H76N6O13. The lowest BCUT2D eigenvalue weighted by molar-refractivity contribution is -0.160. The second kappa shape index (κ2) is 29.4. The van der Waals surface area contributed by atoms with Crippen LogP contribution in [-0.2, 0) is 38.1 Å². The topological polar surface area (TPSA) is 215 Å². The Morgan fingerprint density at radius 3 is 1.29 bits per heavy atom. The van der Waals surface area contributed by atoms with Crippen molar-refractivity contribution in [2.24, 2.45) is 0 Å². The number of likely N-dealkylation sites (N-methyl/N-ethyl adjacent to an activating group) is 4. The summed E-state index contributed by atoms with van der Waals surface area (Å²) in [7, 11) is 5.46. The number of morpholine rings is 2. The zero-order valence-corrected chi connectivity index (χ0v) is 45.3. The zero-order valence-electron chi connectivity index (χ0n) is 45.3. The number of rotatable bonds is 19. The van der Waals surface area contributed by atoms with Gasteiger partial charge in [0.25, 0.3) is 23.6 Å². The van der Waals surface area contributed by atoms with Crippen LogP contribution in [0.15, 0.2) is 97.1 Å². The van der Waals surface area contributed by atoms with Crippen LogP contribution in [0.3, 0.4) is 0 Å². The molecule has 76 heavy (non-hydrogen) atoms. The fourth-order valence-corrected chi connectivity index (χ4v) is 8.40. The fourth-order valence-electron chi connectivity index (χ4n) is 8.40. The first kappa shape index (κ1) is 60.0. The van der Waals surface area contributed by atoms with Gasteiger partial charge in [0.05, 0.1) is 39.1 Å². The van der Waals surface area contributed by atoms with Crippen LogP contribution in [0.1, 0.15) is 61.3 Å². The van der Waals surface area contributed by atoms with Gasteiger partial charge in [0.15, 0.2) is 0 Å². The molecule has 0 spiro atoms. The van der Waals surface area contributed by atoms with Gasteiger partial charge in [-0.1, -0.05) is 48.5 Å². The van der Waals surface area contributed by atoms with Gasteiger partial charge >= 0.3 is 11.9 Å². The summed E-state index contributed by atoms with van der Waals surface area (Å²) in [4.78, 5) is 81.7. The van der Waals surface area contributed by atoms with Gasteiger partial charge in [-0.2, -0.15) is 0 Å². The summed E-state index contributed by atoms with van der Waals surface area (Å²) in [5.41, 5.74) is 0.563. The molecule has 3 aliphatic rings. The standard InChI is InChI=1S/C27H35N3O6.C25H31N3O6.C5H10O/c1-5-35-26(33)27(2,25(32)28-3)29(4)24(31)22-8-6-20(7-9-22)21-10-12-23(13-11-21)36-19-16-30-14-17-34-18-15-30;1-25(24(31)32,23(30)26-2)27(3)22(29)20-6-4-18(5-7-20)19-8-10-21(11-9-19)34-17-14-28-12-15-33-16-13-28;1-5-3-2-4-6-5/h6-13H,5,14-19H2,1-4H3,(H,28,32);4-11H,12-17H2,1-3H3,(H,26,30)(H,31,32);5H,2-4H2,1H3/t27-;25-;/m00./s1. The summed E-state index contributed by atoms with van der Waals surface area (Å²) in [5.74, 6) is -3.05. The van der Waals surface area contributed by atoms with Crippen LogP contribution < -0.4 is 20.1 Å². The molecule has 0 aliphatic carbocycles. The van der Waals surface area contributed by atoms with Gasteiger partial charge in [-0.15, -0.1) is 0 Å². The molecule has 0 aromatic heterocycles. The van der Waals surface area contributed by atoms with Crippen LogP contribution in [-0.4, -0.2) is 198 Å². The Bertz CT molecular complexity index is 2490. The second-order valence-corrected chi connectivity index (χ2v) is 18.7. The smallest absolute Gasteiger partial charge is 0.341 e. The minimum Gasteiger partial charge on any atom is -0.492 e. The highest BCUT2D eigenvalue weighted by molar-refractivity contribution is 6.12. The van der Waals surface area contributed by atoms with E-state index in [0.717, 1.165) is 116 Å². The lowest BCUT2D eigenvalue weighted by atomic mass is 9.97. The van der Waals surface area contributed by atoms with Gasteiger partial charge in [0.2, 0.25) is 11.1 Å². The second-order valence-electron chi connectivity index (χ2n) is 18.7. The lowest BCUT2D eigenvalue weighted by Gasteiger charge is -2.34. The van der Waals surface area contributed by atoms with Gasteiger partial charge in [-0.05, 0) is 111 Å². The Morgan fingerprint density at radius 2 is 0.974 bits per heavy atom. The van der Waals surface area contributed by atoms with Crippen LogP contribution in [0.2, 0.25) is 0 Å². The molecule has 412 valence electrons. The third-order valence-electron chi connectivity index (χ3n) is 13.7. The predicted octanol–water partition coefficient (Wildman–Crippen LogP) is 5.12. The predicted molar refractivity (Wildman–Crippen MR) is 287 cm³/mol. The number of hydrogen-bond donors (Lipinski definition) is 3. The molecule has 3 aliphatic heterocycles. The van der Waals surface area contributed by atoms with Gasteiger partial charge < -0.3 is 54.0 Å². The van der Waals surface area contributed by atoms with E-state index < -0.39 is 46.6 Å². The van der Waals surface area contributed by atoms with Gasteiger partial charge in [-0.3, -0.25) is 29.0 Å². The average molecular weight is 1050 g/mol. The van der Waals surface area contributed by atoms with Crippen molar-refractivity contribution in [2.75, 3.05) is 120 Å². The summed E-state index contributed by atoms with van der Waals surface area (Å²) >= 11 is 0. The first-order valence-electron chi connectivity index (χ1n) is 25.8. The SMILES string of the molecule is CC1CCCO1.CCOC(=O)[C@](C)(C(=O)NC)N(C)C(=O)c1ccc(-c2ccc(OCCN3CCOCC3)cc2)cc1.CNC(=O)[C@@](C)(C(=O)O)N(C)C(=O)c1ccc(-c2ccc(OCCN3CCOCC3)cc2)cc1. The molecule has 0 bridgehead atoms. The molecule has 4 amide bonds. The first-order valence-corrected chi connectivity index (χ1v) is 25.8. The van der Waals surface area contributed by atoms with E-state index in [1.807, 2.05) is 60.7 Å². The molecule has 3 saturated heterocycles. The number of hydrogen-bond acceptors (Lipinski definition) is 14. The molecule has 4 aromatic carbocycles. The summed E-state index contributed by atoms with van der Waals surface area (Å²) in [6, 6.07) is 29.3. The zero-order chi connectivity index (χ0) is 55.3. The Balaban J connectivity index is 0.000000252. The average Bonchev–Trinajstić information content (AvgIpc) is 3.95. The van der Waals surface area contributed by atoms with Crippen molar-refractivity contribution in [1.29, 1.82) is 0 Å². The number of nitrogens with one attached hydrogen (secondary N) is 2. The summed E-state index contributed by atoms with van der Waals surface area (Å²) in [6.07, 6.45) is 3.08. The van der Waals surface area contributed by atoms with Crippen molar-refractivity contribution < 1.29 is 62.3 Å². The molecule has 3 fully saturated rings. The summed E-state index contributed by atoms with van der Waals surface area (Å²) < 4.78 is 32.6. The van der Waals surface area contributed by atoms with Crippen molar-refractivity contribution in [2.45, 2.75) is 57.7 Å². The number of carboxylic acids is 1. The van der Waals surface area contributed by atoms with Crippen LogP contribution in [0, 0.1) is 0 Å². The number of benzene rings is 4.